The van der Waals surface area contributed by atoms with Crippen LogP contribution in [-0.4, -0.2) is 63.5 Å². The van der Waals surface area contributed by atoms with Crippen molar-refractivity contribution in [2.75, 3.05) is 13.7 Å². The van der Waals surface area contributed by atoms with E-state index in [1.165, 1.54) is 37.0 Å². The first kappa shape index (κ1) is 27.0. The summed E-state index contributed by atoms with van der Waals surface area (Å²) in [6, 6.07) is 9.61. The minimum absolute atomic E-state index is 0.470. The van der Waals surface area contributed by atoms with Crippen LogP contribution in [0, 0.1) is 0 Å². The molecule has 0 radical (unpaired) electrons. The number of fused-ring (bicyclic) bond motifs is 1. The fraction of sp³-hybridized carbons (Fsp3) is 0.536. The van der Waals surface area contributed by atoms with Crippen molar-refractivity contribution in [2.24, 2.45) is 0 Å². The second-order valence-corrected chi connectivity index (χ2v) is 10.7. The predicted octanol–water partition coefficient (Wildman–Crippen LogP) is 3.92. The van der Waals surface area contributed by atoms with E-state index in [0.717, 1.165) is 33.5 Å². The van der Waals surface area contributed by atoms with Crippen LogP contribution in [0.3, 0.4) is 0 Å². The lowest BCUT2D eigenvalue weighted by atomic mass is 9.87. The SMILES string of the molecule is CCCCCCCc1cnc(Cc2cc([C@@H]3O[C@H](CO)[C@@H](O)[C@H](O)[C@H]3O)c3ccccc3c2OC)s1. The molecule has 4 N–H and O–H groups in total. The molecule has 8 heteroatoms. The first-order valence-electron chi connectivity index (χ1n) is 12.8. The highest BCUT2D eigenvalue weighted by atomic mass is 32.1. The molecule has 1 aliphatic heterocycles. The maximum Gasteiger partial charge on any atom is 0.130 e. The predicted molar refractivity (Wildman–Crippen MR) is 141 cm³/mol. The number of methoxy groups -OCH3 is 1. The number of rotatable bonds is 11. The molecule has 2 heterocycles. The molecule has 2 aromatic carbocycles. The Hall–Kier alpha value is -2.07. The zero-order valence-corrected chi connectivity index (χ0v) is 21.8. The highest BCUT2D eigenvalue weighted by molar-refractivity contribution is 7.11. The largest absolute Gasteiger partial charge is 0.496 e. The van der Waals surface area contributed by atoms with Gasteiger partial charge < -0.3 is 29.9 Å². The van der Waals surface area contributed by atoms with Crippen LogP contribution in [0.2, 0.25) is 0 Å². The zero-order chi connectivity index (χ0) is 25.7. The van der Waals surface area contributed by atoms with Crippen LogP contribution in [0.5, 0.6) is 5.75 Å². The fourth-order valence-corrected chi connectivity index (χ4v) is 6.00. The Kier molecular flexibility index (Phi) is 9.33. The van der Waals surface area contributed by atoms with Crippen LogP contribution in [0.25, 0.3) is 10.8 Å². The van der Waals surface area contributed by atoms with Crippen LogP contribution in [-0.2, 0) is 17.6 Å². The molecule has 3 aromatic rings. The van der Waals surface area contributed by atoms with E-state index in [0.29, 0.717) is 12.0 Å². The van der Waals surface area contributed by atoms with Gasteiger partial charge in [0.05, 0.1) is 18.7 Å². The third kappa shape index (κ3) is 5.74. The van der Waals surface area contributed by atoms with E-state index >= 15 is 0 Å². The highest BCUT2D eigenvalue weighted by Gasteiger charge is 2.44. The smallest absolute Gasteiger partial charge is 0.130 e. The number of aryl methyl sites for hydroxylation is 1. The monoisotopic (exact) mass is 515 g/mol. The number of hydrogen-bond acceptors (Lipinski definition) is 8. The molecule has 1 saturated heterocycles. The standard InChI is InChI=1S/C28H37NO6S/c1-3-4-5-6-7-10-18-15-29-23(36-18)14-17-13-21(19-11-8-9-12-20(19)27(17)34-2)28-26(33)25(32)24(31)22(16-30)35-28/h8-9,11-13,15,22,24-26,28,30-33H,3-7,10,14,16H2,1-2H3/t22-,24-,25+,26-,28+/m1/s1. The molecular formula is C28H37NO6S. The molecule has 0 saturated carbocycles. The van der Waals surface area contributed by atoms with Crippen molar-refractivity contribution in [3.05, 3.63) is 57.5 Å². The van der Waals surface area contributed by atoms with Gasteiger partial charge in [0.2, 0.25) is 0 Å². The minimum atomic E-state index is -1.44. The summed E-state index contributed by atoms with van der Waals surface area (Å²) < 4.78 is 11.7. The maximum absolute atomic E-state index is 10.8. The number of hydrogen-bond donors (Lipinski definition) is 4. The lowest BCUT2D eigenvalue weighted by molar-refractivity contribution is -0.231. The average molecular weight is 516 g/mol. The molecule has 0 unspecified atom stereocenters. The van der Waals surface area contributed by atoms with E-state index in [-0.39, 0.29) is 0 Å². The Labute approximate surface area is 216 Å². The second kappa shape index (κ2) is 12.4. The molecular weight excluding hydrogens is 478 g/mol. The number of aliphatic hydroxyl groups excluding tert-OH is 4. The molecule has 196 valence electrons. The summed E-state index contributed by atoms with van der Waals surface area (Å²) in [5, 5.41) is 43.8. The van der Waals surface area contributed by atoms with Gasteiger partial charge >= 0.3 is 0 Å². The van der Waals surface area contributed by atoms with Crippen molar-refractivity contribution in [1.82, 2.24) is 4.98 Å². The van der Waals surface area contributed by atoms with E-state index < -0.39 is 37.1 Å². The third-order valence-corrected chi connectivity index (χ3v) is 8.03. The van der Waals surface area contributed by atoms with E-state index in [2.05, 4.69) is 11.9 Å². The van der Waals surface area contributed by atoms with Crippen molar-refractivity contribution in [3.63, 3.8) is 0 Å². The van der Waals surface area contributed by atoms with E-state index in [1.807, 2.05) is 36.5 Å². The number of thiazole rings is 1. The summed E-state index contributed by atoms with van der Waals surface area (Å²) in [5.74, 6) is 0.732. The van der Waals surface area contributed by atoms with Crippen LogP contribution >= 0.6 is 11.3 Å². The van der Waals surface area contributed by atoms with Crippen molar-refractivity contribution >= 4 is 22.1 Å². The highest BCUT2D eigenvalue weighted by Crippen LogP contribution is 2.41. The number of aromatic nitrogens is 1. The van der Waals surface area contributed by atoms with Crippen LogP contribution in [0.4, 0.5) is 0 Å². The van der Waals surface area contributed by atoms with Crippen molar-refractivity contribution in [3.8, 4) is 5.75 Å². The molecule has 0 spiro atoms. The topological polar surface area (TPSA) is 112 Å². The van der Waals surface area contributed by atoms with Crippen LogP contribution in [0.1, 0.15) is 66.1 Å². The van der Waals surface area contributed by atoms with Crippen LogP contribution < -0.4 is 4.74 Å². The Balaban J connectivity index is 1.65. The van der Waals surface area contributed by atoms with Crippen molar-refractivity contribution < 1.29 is 29.9 Å². The van der Waals surface area contributed by atoms with Gasteiger partial charge in [-0.15, -0.1) is 11.3 Å². The number of aliphatic hydroxyl groups is 4. The molecule has 1 aliphatic rings. The summed E-state index contributed by atoms with van der Waals surface area (Å²) in [4.78, 5) is 5.94. The molecule has 5 atom stereocenters. The van der Waals surface area contributed by atoms with Crippen molar-refractivity contribution in [1.29, 1.82) is 0 Å². The van der Waals surface area contributed by atoms with Gasteiger partial charge in [0.1, 0.15) is 36.3 Å². The Morgan fingerprint density at radius 1 is 1.00 bits per heavy atom. The molecule has 0 aliphatic carbocycles. The Morgan fingerprint density at radius 3 is 2.47 bits per heavy atom. The van der Waals surface area contributed by atoms with Gasteiger partial charge in [-0.05, 0) is 29.9 Å². The first-order valence-corrected chi connectivity index (χ1v) is 13.6. The van der Waals surface area contributed by atoms with Gasteiger partial charge in [-0.3, -0.25) is 0 Å². The van der Waals surface area contributed by atoms with Gasteiger partial charge in [0, 0.05) is 28.4 Å². The molecule has 1 fully saturated rings. The van der Waals surface area contributed by atoms with E-state index in [9.17, 15) is 20.4 Å². The molecule has 4 rings (SSSR count). The van der Waals surface area contributed by atoms with Gasteiger partial charge in [-0.2, -0.15) is 0 Å². The van der Waals surface area contributed by atoms with E-state index in [4.69, 9.17) is 9.47 Å². The molecule has 1 aromatic heterocycles. The molecule has 36 heavy (non-hydrogen) atoms. The van der Waals surface area contributed by atoms with E-state index in [1.54, 1.807) is 18.4 Å². The minimum Gasteiger partial charge on any atom is -0.496 e. The lowest BCUT2D eigenvalue weighted by Gasteiger charge is -2.40. The Bertz CT molecular complexity index is 1130. The number of nitrogens with zero attached hydrogens (tertiary/aromatic N) is 1. The molecule has 0 amide bonds. The first-order chi connectivity index (χ1) is 17.5. The van der Waals surface area contributed by atoms with Gasteiger partial charge in [0.15, 0.2) is 0 Å². The summed E-state index contributed by atoms with van der Waals surface area (Å²) >= 11 is 1.71. The fourth-order valence-electron chi connectivity index (χ4n) is 5.01. The van der Waals surface area contributed by atoms with Gasteiger partial charge in [-0.25, -0.2) is 4.98 Å². The quantitative estimate of drug-likeness (QED) is 0.286. The number of benzene rings is 2. The second-order valence-electron chi connectivity index (χ2n) is 9.51. The maximum atomic E-state index is 10.8. The van der Waals surface area contributed by atoms with Crippen molar-refractivity contribution in [2.45, 2.75) is 82.4 Å². The average Bonchev–Trinajstić information content (AvgIpc) is 3.34. The summed E-state index contributed by atoms with van der Waals surface area (Å²) in [6.45, 7) is 1.75. The van der Waals surface area contributed by atoms with Gasteiger partial charge in [-0.1, -0.05) is 56.9 Å². The van der Waals surface area contributed by atoms with Gasteiger partial charge in [0.25, 0.3) is 0 Å². The Morgan fingerprint density at radius 2 is 1.75 bits per heavy atom. The molecule has 0 bridgehead atoms. The summed E-state index contributed by atoms with van der Waals surface area (Å²) in [6.07, 6.45) is 3.66. The lowest BCUT2D eigenvalue weighted by Crippen LogP contribution is -2.55. The zero-order valence-electron chi connectivity index (χ0n) is 21.0. The molecule has 7 nitrogen and oxygen atoms in total. The number of ether oxygens (including phenoxy) is 2. The summed E-state index contributed by atoms with van der Waals surface area (Å²) in [5.41, 5.74) is 1.57. The summed E-state index contributed by atoms with van der Waals surface area (Å²) in [7, 11) is 1.64. The third-order valence-electron chi connectivity index (χ3n) is 6.98. The normalized spacial score (nSPS) is 24.3. The van der Waals surface area contributed by atoms with Crippen LogP contribution in [0.15, 0.2) is 36.5 Å². The number of unbranched alkanes of at least 4 members (excludes halogenated alkanes) is 4.